The zero-order valence-corrected chi connectivity index (χ0v) is 22.0. The largest absolute Gasteiger partial charge is 0.490 e. The van der Waals surface area contributed by atoms with Crippen LogP contribution in [0, 0.1) is 6.92 Å². The van der Waals surface area contributed by atoms with Crippen molar-refractivity contribution < 1.29 is 14.3 Å². The second kappa shape index (κ2) is 11.4. The van der Waals surface area contributed by atoms with Crippen molar-refractivity contribution in [1.82, 2.24) is 14.1 Å². The van der Waals surface area contributed by atoms with E-state index in [0.717, 1.165) is 15.7 Å². The molecule has 3 rings (SSSR count). The molecule has 0 aliphatic carbocycles. The Bertz CT molecular complexity index is 1390. The van der Waals surface area contributed by atoms with Crippen molar-refractivity contribution in [3.63, 3.8) is 0 Å². The number of hydrogen-bond acceptors (Lipinski definition) is 6. The van der Waals surface area contributed by atoms with Crippen LogP contribution in [0.1, 0.15) is 44.4 Å². The first-order chi connectivity index (χ1) is 16.6. The van der Waals surface area contributed by atoms with Gasteiger partial charge in [-0.3, -0.25) is 14.3 Å². The fraction of sp³-hybridized carbons (Fsp3) is 0.360. The zero-order chi connectivity index (χ0) is 25.7. The van der Waals surface area contributed by atoms with Gasteiger partial charge < -0.3 is 9.47 Å². The first kappa shape index (κ1) is 26.2. The van der Waals surface area contributed by atoms with Crippen LogP contribution in [-0.4, -0.2) is 33.3 Å². The number of carbonyl (C=O) groups excluding carboxylic acids is 1. The smallest absolute Gasteiger partial charge is 0.335 e. The molecule has 2 aromatic carbocycles. The molecule has 0 spiro atoms. The van der Waals surface area contributed by atoms with Crippen molar-refractivity contribution in [3.8, 4) is 5.75 Å². The van der Waals surface area contributed by atoms with Gasteiger partial charge in [-0.05, 0) is 67.4 Å². The summed E-state index contributed by atoms with van der Waals surface area (Å²) in [6.45, 7) is 7.63. The average molecular weight is 545 g/mol. The first-order valence-corrected chi connectivity index (χ1v) is 12.0. The van der Waals surface area contributed by atoms with Crippen LogP contribution < -0.4 is 21.7 Å². The molecule has 186 valence electrons. The summed E-state index contributed by atoms with van der Waals surface area (Å²) in [6.07, 6.45) is -0.119. The van der Waals surface area contributed by atoms with E-state index in [1.54, 1.807) is 25.1 Å². The molecule has 0 radical (unpaired) electrons. The minimum Gasteiger partial charge on any atom is -0.490 e. The number of aromatic nitrogens is 3. The molecule has 0 saturated carbocycles. The van der Waals surface area contributed by atoms with Gasteiger partial charge in [0.1, 0.15) is 5.75 Å². The highest BCUT2D eigenvalue weighted by Gasteiger charge is 2.18. The third-order valence-corrected chi connectivity index (χ3v) is 5.85. The van der Waals surface area contributed by atoms with Crippen LogP contribution in [0.25, 0.3) is 0 Å². The molecule has 0 fully saturated rings. The van der Waals surface area contributed by atoms with Crippen LogP contribution >= 0.6 is 15.9 Å². The van der Waals surface area contributed by atoms with Gasteiger partial charge in [-0.15, -0.1) is 0 Å². The summed E-state index contributed by atoms with van der Waals surface area (Å²) in [5, 5.41) is 0. The number of ether oxygens (including phenoxy) is 2. The quantitative estimate of drug-likeness (QED) is 0.436. The Morgan fingerprint density at radius 3 is 2.40 bits per heavy atom. The summed E-state index contributed by atoms with van der Waals surface area (Å²) in [5.41, 5.74) is 1.30. The lowest BCUT2D eigenvalue weighted by atomic mass is 10.1. The third-order valence-electron chi connectivity index (χ3n) is 5.24. The summed E-state index contributed by atoms with van der Waals surface area (Å²) in [4.78, 5) is 45.4. The van der Waals surface area contributed by atoms with E-state index in [0.29, 0.717) is 15.9 Å². The van der Waals surface area contributed by atoms with Gasteiger partial charge in [-0.2, -0.15) is 0 Å². The number of aromatic amines is 1. The number of halogens is 1. The molecule has 0 aliphatic heterocycles. The SMILES string of the molecule is COC(=O)C[C@H](C)n1c(=O)[nH]/c(=N\c2ccc(OC(C)C)c(Br)c2)n(Cc2ccc(C)cc2)c1=O. The number of nitrogens with zero attached hydrogens (tertiary/aromatic N) is 3. The van der Waals surface area contributed by atoms with Gasteiger partial charge in [-0.25, -0.2) is 19.1 Å². The highest BCUT2D eigenvalue weighted by atomic mass is 79.9. The van der Waals surface area contributed by atoms with Gasteiger partial charge in [0.05, 0.1) is 42.4 Å². The molecule has 1 N–H and O–H groups in total. The van der Waals surface area contributed by atoms with Crippen molar-refractivity contribution in [3.05, 3.63) is 84.7 Å². The van der Waals surface area contributed by atoms with Crippen molar-refractivity contribution in [2.75, 3.05) is 7.11 Å². The molecule has 0 aliphatic rings. The number of methoxy groups -OCH3 is 1. The van der Waals surface area contributed by atoms with Crippen LogP contribution in [0.15, 0.2) is 61.5 Å². The summed E-state index contributed by atoms with van der Waals surface area (Å²) in [7, 11) is 1.26. The Morgan fingerprint density at radius 2 is 1.80 bits per heavy atom. The number of esters is 1. The third kappa shape index (κ3) is 6.60. The Kier molecular flexibility index (Phi) is 8.50. The number of aryl methyl sites for hydroxylation is 1. The van der Waals surface area contributed by atoms with Gasteiger partial charge >= 0.3 is 17.3 Å². The number of nitrogens with one attached hydrogen (secondary N) is 1. The number of benzene rings is 2. The molecule has 0 saturated heterocycles. The van der Waals surface area contributed by atoms with Crippen molar-refractivity contribution in [2.45, 2.75) is 52.8 Å². The molecular formula is C25H29BrN4O5. The molecule has 1 heterocycles. The zero-order valence-electron chi connectivity index (χ0n) is 20.4. The van der Waals surface area contributed by atoms with Crippen LogP contribution in [-0.2, 0) is 16.1 Å². The maximum absolute atomic E-state index is 13.5. The lowest BCUT2D eigenvalue weighted by Crippen LogP contribution is -2.51. The summed E-state index contributed by atoms with van der Waals surface area (Å²) >= 11 is 3.48. The maximum Gasteiger partial charge on any atom is 0.335 e. The highest BCUT2D eigenvalue weighted by Crippen LogP contribution is 2.29. The van der Waals surface area contributed by atoms with Crippen LogP contribution in [0.4, 0.5) is 5.69 Å². The number of hydrogen-bond donors (Lipinski definition) is 1. The Balaban J connectivity index is 2.17. The van der Waals surface area contributed by atoms with Crippen LogP contribution in [0.5, 0.6) is 5.75 Å². The minimum atomic E-state index is -0.710. The Morgan fingerprint density at radius 1 is 1.11 bits per heavy atom. The summed E-state index contributed by atoms with van der Waals surface area (Å²) in [5.74, 6) is 0.142. The van der Waals surface area contributed by atoms with Gasteiger partial charge in [0.2, 0.25) is 5.62 Å². The molecule has 1 aromatic heterocycles. The van der Waals surface area contributed by atoms with E-state index in [9.17, 15) is 14.4 Å². The fourth-order valence-corrected chi connectivity index (χ4v) is 3.93. The van der Waals surface area contributed by atoms with Crippen molar-refractivity contribution in [2.24, 2.45) is 4.99 Å². The van der Waals surface area contributed by atoms with E-state index < -0.39 is 23.4 Å². The average Bonchev–Trinajstić information content (AvgIpc) is 2.79. The lowest BCUT2D eigenvalue weighted by molar-refractivity contribution is -0.141. The topological polar surface area (TPSA) is 108 Å². The Labute approximate surface area is 211 Å². The standard InChI is InChI=1S/C25H29BrN4O5/c1-15(2)35-21-11-10-19(13-20(21)26)27-23-28-24(32)30(17(4)12-22(31)34-5)25(33)29(23)14-18-8-6-16(3)7-9-18/h6-11,13,15,17H,12,14H2,1-5H3,(H,27,28,32)/t17-/m0/s1. The molecule has 0 bridgehead atoms. The molecule has 1 atom stereocenters. The highest BCUT2D eigenvalue weighted by molar-refractivity contribution is 9.10. The first-order valence-electron chi connectivity index (χ1n) is 11.2. The van der Waals surface area contributed by atoms with E-state index in [1.807, 2.05) is 45.0 Å². The number of rotatable bonds is 8. The van der Waals surface area contributed by atoms with Gasteiger partial charge in [-0.1, -0.05) is 29.8 Å². The van der Waals surface area contributed by atoms with Gasteiger partial charge in [0.15, 0.2) is 0 Å². The van der Waals surface area contributed by atoms with Crippen molar-refractivity contribution >= 4 is 27.6 Å². The second-order valence-corrected chi connectivity index (χ2v) is 9.35. The van der Waals surface area contributed by atoms with Gasteiger partial charge in [0, 0.05) is 0 Å². The number of carbonyl (C=O) groups is 1. The predicted molar refractivity (Wildman–Crippen MR) is 136 cm³/mol. The normalized spacial score (nSPS) is 12.6. The predicted octanol–water partition coefficient (Wildman–Crippen LogP) is 3.60. The monoisotopic (exact) mass is 544 g/mol. The van der Waals surface area contributed by atoms with E-state index in [-0.39, 0.29) is 24.7 Å². The molecule has 10 heteroatoms. The van der Waals surface area contributed by atoms with Crippen LogP contribution in [0.2, 0.25) is 0 Å². The molecule has 0 amide bonds. The van der Waals surface area contributed by atoms with E-state index in [2.05, 4.69) is 25.9 Å². The number of H-pyrrole nitrogens is 1. The van der Waals surface area contributed by atoms with Crippen LogP contribution in [0.3, 0.4) is 0 Å². The Hall–Kier alpha value is -3.40. The minimum absolute atomic E-state index is 0.00156. The van der Waals surface area contributed by atoms with Crippen molar-refractivity contribution in [1.29, 1.82) is 0 Å². The lowest BCUT2D eigenvalue weighted by Gasteiger charge is -2.16. The second-order valence-electron chi connectivity index (χ2n) is 8.50. The van der Waals surface area contributed by atoms with E-state index in [1.165, 1.54) is 11.7 Å². The maximum atomic E-state index is 13.5. The van der Waals surface area contributed by atoms with E-state index in [4.69, 9.17) is 9.47 Å². The molecular weight excluding hydrogens is 516 g/mol. The van der Waals surface area contributed by atoms with Gasteiger partial charge in [0.25, 0.3) is 0 Å². The molecule has 0 unspecified atom stereocenters. The molecule has 9 nitrogen and oxygen atoms in total. The fourth-order valence-electron chi connectivity index (χ4n) is 3.47. The van der Waals surface area contributed by atoms with E-state index >= 15 is 0 Å². The molecule has 3 aromatic rings. The summed E-state index contributed by atoms with van der Waals surface area (Å²) < 4.78 is 13.5. The molecule has 35 heavy (non-hydrogen) atoms. The summed E-state index contributed by atoms with van der Waals surface area (Å²) in [6, 6.07) is 12.3.